The van der Waals surface area contributed by atoms with Gasteiger partial charge in [0.1, 0.15) is 5.75 Å². The van der Waals surface area contributed by atoms with E-state index in [4.69, 9.17) is 4.74 Å². The van der Waals surface area contributed by atoms with Gasteiger partial charge >= 0.3 is 0 Å². The number of unbranched alkanes of at least 4 members (excludes halogenated alkanes) is 1. The summed E-state index contributed by atoms with van der Waals surface area (Å²) in [4.78, 5) is 15.0. The molecule has 0 bridgehead atoms. The fraction of sp³-hybridized carbons (Fsp3) is 0.458. The number of piperidine rings is 1. The van der Waals surface area contributed by atoms with Crippen LogP contribution >= 0.6 is 0 Å². The summed E-state index contributed by atoms with van der Waals surface area (Å²) in [7, 11) is -3.55. The molecule has 1 unspecified atom stereocenters. The van der Waals surface area contributed by atoms with Crippen LogP contribution in [0.4, 0.5) is 0 Å². The number of sulfonamides is 1. The molecule has 2 aromatic carbocycles. The number of nitrogens with zero attached hydrogens (tertiary/aromatic N) is 1. The first kappa shape index (κ1) is 23.3. The highest BCUT2D eigenvalue weighted by molar-refractivity contribution is 7.89. The summed E-state index contributed by atoms with van der Waals surface area (Å²) >= 11 is 0. The van der Waals surface area contributed by atoms with Gasteiger partial charge in [-0.25, -0.2) is 13.1 Å². The van der Waals surface area contributed by atoms with Crippen LogP contribution in [0.15, 0.2) is 53.4 Å². The Balaban J connectivity index is 1.55. The first-order valence-electron chi connectivity index (χ1n) is 11.0. The number of hydrogen-bond donors (Lipinski definition) is 1. The zero-order valence-corrected chi connectivity index (χ0v) is 19.2. The molecule has 1 atom stereocenters. The van der Waals surface area contributed by atoms with Gasteiger partial charge in [0.05, 0.1) is 11.5 Å². The van der Waals surface area contributed by atoms with E-state index in [0.717, 1.165) is 37.0 Å². The maximum atomic E-state index is 12.9. The predicted octanol–water partition coefficient (Wildman–Crippen LogP) is 4.00. The zero-order valence-electron chi connectivity index (χ0n) is 18.3. The molecule has 1 fully saturated rings. The lowest BCUT2D eigenvalue weighted by atomic mass is 9.97. The van der Waals surface area contributed by atoms with Crippen molar-refractivity contribution in [1.82, 2.24) is 9.62 Å². The van der Waals surface area contributed by atoms with E-state index in [1.807, 2.05) is 24.0 Å². The van der Waals surface area contributed by atoms with Crippen LogP contribution in [0, 0.1) is 12.8 Å². The molecule has 1 N–H and O–H groups in total. The molecule has 0 saturated carbocycles. The van der Waals surface area contributed by atoms with Crippen LogP contribution in [-0.2, 0) is 10.0 Å². The van der Waals surface area contributed by atoms with Crippen LogP contribution < -0.4 is 9.46 Å². The SMILES string of the molecule is CCCCOc1ccc(C(=O)N2CCCC(CNS(=O)(=O)c3ccc(C)cc3)C2)cc1. The average molecular weight is 445 g/mol. The zero-order chi connectivity index (χ0) is 22.3. The molecule has 0 radical (unpaired) electrons. The highest BCUT2D eigenvalue weighted by atomic mass is 32.2. The number of benzene rings is 2. The third kappa shape index (κ3) is 6.55. The Morgan fingerprint density at radius 1 is 1.13 bits per heavy atom. The van der Waals surface area contributed by atoms with E-state index in [1.165, 1.54) is 0 Å². The van der Waals surface area contributed by atoms with Gasteiger partial charge in [0.2, 0.25) is 10.0 Å². The van der Waals surface area contributed by atoms with Crippen molar-refractivity contribution in [1.29, 1.82) is 0 Å². The quantitative estimate of drug-likeness (QED) is 0.593. The number of aryl methyl sites for hydroxylation is 1. The fourth-order valence-electron chi connectivity index (χ4n) is 3.66. The molecule has 1 heterocycles. The van der Waals surface area contributed by atoms with Crippen molar-refractivity contribution in [2.75, 3.05) is 26.2 Å². The van der Waals surface area contributed by atoms with Gasteiger partial charge in [-0.05, 0) is 68.5 Å². The number of carbonyl (C=O) groups excluding carboxylic acids is 1. The molecule has 3 rings (SSSR count). The van der Waals surface area contributed by atoms with E-state index in [1.54, 1.807) is 36.4 Å². The first-order valence-corrected chi connectivity index (χ1v) is 12.5. The molecule has 1 saturated heterocycles. The minimum Gasteiger partial charge on any atom is -0.494 e. The van der Waals surface area contributed by atoms with Crippen LogP contribution in [0.25, 0.3) is 0 Å². The van der Waals surface area contributed by atoms with Crippen molar-refractivity contribution < 1.29 is 17.9 Å². The molecule has 1 aliphatic rings. The Morgan fingerprint density at radius 3 is 2.52 bits per heavy atom. The van der Waals surface area contributed by atoms with Gasteiger partial charge in [0, 0.05) is 25.2 Å². The van der Waals surface area contributed by atoms with Crippen LogP contribution in [0.1, 0.15) is 48.5 Å². The Bertz CT molecular complexity index is 956. The molecular formula is C24H32N2O4S. The van der Waals surface area contributed by atoms with Crippen molar-refractivity contribution in [3.63, 3.8) is 0 Å². The minimum atomic E-state index is -3.55. The normalized spacial score (nSPS) is 16.8. The summed E-state index contributed by atoms with van der Waals surface area (Å²) in [6.45, 7) is 6.27. The Hall–Kier alpha value is -2.38. The standard InChI is InChI=1S/C24H32N2O4S/c1-3-4-16-30-22-11-9-21(10-12-22)24(27)26-15-5-6-20(18-26)17-25-31(28,29)23-13-7-19(2)8-14-23/h7-14,20,25H,3-6,15-18H2,1-2H3. The summed E-state index contributed by atoms with van der Waals surface area (Å²) in [5.41, 5.74) is 1.64. The molecule has 6 nitrogen and oxygen atoms in total. The topological polar surface area (TPSA) is 75.7 Å². The van der Waals surface area contributed by atoms with Gasteiger partial charge in [-0.1, -0.05) is 31.0 Å². The van der Waals surface area contributed by atoms with Gasteiger partial charge in [-0.2, -0.15) is 0 Å². The van der Waals surface area contributed by atoms with Gasteiger partial charge in [0.25, 0.3) is 5.91 Å². The van der Waals surface area contributed by atoms with Gasteiger partial charge < -0.3 is 9.64 Å². The molecule has 2 aromatic rings. The fourth-order valence-corrected chi connectivity index (χ4v) is 4.77. The highest BCUT2D eigenvalue weighted by Gasteiger charge is 2.26. The molecule has 31 heavy (non-hydrogen) atoms. The smallest absolute Gasteiger partial charge is 0.253 e. The number of likely N-dealkylation sites (tertiary alicyclic amines) is 1. The third-order valence-electron chi connectivity index (χ3n) is 5.57. The summed E-state index contributed by atoms with van der Waals surface area (Å²) in [6, 6.07) is 14.1. The van der Waals surface area contributed by atoms with E-state index in [0.29, 0.717) is 31.8 Å². The summed E-state index contributed by atoms with van der Waals surface area (Å²) in [6.07, 6.45) is 3.84. The molecule has 0 aromatic heterocycles. The maximum Gasteiger partial charge on any atom is 0.253 e. The number of amides is 1. The number of nitrogens with one attached hydrogen (secondary N) is 1. The second-order valence-electron chi connectivity index (χ2n) is 8.15. The van der Waals surface area contributed by atoms with Crippen LogP contribution in [0.5, 0.6) is 5.75 Å². The van der Waals surface area contributed by atoms with Crippen molar-refractivity contribution in [3.8, 4) is 5.75 Å². The Morgan fingerprint density at radius 2 is 1.84 bits per heavy atom. The van der Waals surface area contributed by atoms with Crippen molar-refractivity contribution in [2.24, 2.45) is 5.92 Å². The van der Waals surface area contributed by atoms with E-state index >= 15 is 0 Å². The third-order valence-corrected chi connectivity index (χ3v) is 7.01. The van der Waals surface area contributed by atoms with Crippen molar-refractivity contribution >= 4 is 15.9 Å². The second-order valence-corrected chi connectivity index (χ2v) is 9.92. The molecule has 0 aliphatic carbocycles. The summed E-state index contributed by atoms with van der Waals surface area (Å²) in [5, 5.41) is 0. The number of carbonyl (C=O) groups is 1. The highest BCUT2D eigenvalue weighted by Crippen LogP contribution is 2.21. The van der Waals surface area contributed by atoms with Crippen LogP contribution in [-0.4, -0.2) is 45.5 Å². The minimum absolute atomic E-state index is 0.0220. The average Bonchev–Trinajstić information content (AvgIpc) is 2.78. The van der Waals surface area contributed by atoms with E-state index < -0.39 is 10.0 Å². The summed E-state index contributed by atoms with van der Waals surface area (Å²) < 4.78 is 33.5. The molecule has 7 heteroatoms. The number of rotatable bonds is 9. The summed E-state index contributed by atoms with van der Waals surface area (Å²) in [5.74, 6) is 0.841. The lowest BCUT2D eigenvalue weighted by Crippen LogP contribution is -2.43. The number of ether oxygens (including phenoxy) is 1. The largest absolute Gasteiger partial charge is 0.494 e. The molecule has 1 aliphatic heterocycles. The van der Waals surface area contributed by atoms with Crippen molar-refractivity contribution in [2.45, 2.75) is 44.4 Å². The monoisotopic (exact) mass is 444 g/mol. The maximum absolute atomic E-state index is 12.9. The lowest BCUT2D eigenvalue weighted by Gasteiger charge is -2.33. The first-order chi connectivity index (χ1) is 14.9. The van der Waals surface area contributed by atoms with E-state index in [-0.39, 0.29) is 16.7 Å². The molecule has 0 spiro atoms. The van der Waals surface area contributed by atoms with Crippen LogP contribution in [0.3, 0.4) is 0 Å². The Labute approximate surface area is 185 Å². The Kier molecular flexibility index (Phi) is 8.09. The van der Waals surface area contributed by atoms with Gasteiger partial charge in [-0.3, -0.25) is 4.79 Å². The molecule has 1 amide bonds. The molecule has 168 valence electrons. The van der Waals surface area contributed by atoms with Crippen LogP contribution in [0.2, 0.25) is 0 Å². The molecular weight excluding hydrogens is 412 g/mol. The number of hydrogen-bond acceptors (Lipinski definition) is 4. The second kappa shape index (κ2) is 10.8. The van der Waals surface area contributed by atoms with Gasteiger partial charge in [0.15, 0.2) is 0 Å². The lowest BCUT2D eigenvalue weighted by molar-refractivity contribution is 0.0676. The van der Waals surface area contributed by atoms with Gasteiger partial charge in [-0.15, -0.1) is 0 Å². The predicted molar refractivity (Wildman–Crippen MR) is 122 cm³/mol. The van der Waals surface area contributed by atoms with E-state index in [2.05, 4.69) is 11.6 Å². The van der Waals surface area contributed by atoms with E-state index in [9.17, 15) is 13.2 Å². The van der Waals surface area contributed by atoms with Crippen molar-refractivity contribution in [3.05, 3.63) is 59.7 Å².